The Labute approximate surface area is 120 Å². The van der Waals surface area contributed by atoms with Gasteiger partial charge < -0.3 is 10.1 Å². The zero-order valence-electron chi connectivity index (χ0n) is 13.5. The molecule has 114 valence electrons. The van der Waals surface area contributed by atoms with Crippen molar-refractivity contribution in [1.82, 2.24) is 10.2 Å². The molecule has 0 radical (unpaired) electrons. The predicted octanol–water partition coefficient (Wildman–Crippen LogP) is 2.90. The van der Waals surface area contributed by atoms with Crippen LogP contribution in [0.4, 0.5) is 0 Å². The lowest BCUT2D eigenvalue weighted by Gasteiger charge is -2.34. The van der Waals surface area contributed by atoms with Crippen molar-refractivity contribution in [2.75, 3.05) is 32.8 Å². The number of unbranched alkanes of at least 4 members (excludes halogenated alkanes) is 2. The van der Waals surface area contributed by atoms with E-state index in [0.29, 0.717) is 12.1 Å². The molecule has 0 spiro atoms. The summed E-state index contributed by atoms with van der Waals surface area (Å²) in [6.45, 7) is 14.6. The highest BCUT2D eigenvalue weighted by Gasteiger charge is 2.20. The fourth-order valence-electron chi connectivity index (χ4n) is 2.70. The number of rotatable bonds is 9. The highest BCUT2D eigenvalue weighted by Crippen LogP contribution is 2.13. The van der Waals surface area contributed by atoms with E-state index >= 15 is 0 Å². The lowest BCUT2D eigenvalue weighted by Crippen LogP contribution is -2.43. The predicted molar refractivity (Wildman–Crippen MR) is 82.6 cm³/mol. The van der Waals surface area contributed by atoms with Crippen LogP contribution in [0.2, 0.25) is 0 Å². The largest absolute Gasteiger partial charge is 0.376 e. The maximum absolute atomic E-state index is 5.88. The van der Waals surface area contributed by atoms with Gasteiger partial charge in [-0.3, -0.25) is 4.90 Å². The monoisotopic (exact) mass is 270 g/mol. The van der Waals surface area contributed by atoms with Gasteiger partial charge in [-0.2, -0.15) is 0 Å². The van der Waals surface area contributed by atoms with Crippen molar-refractivity contribution in [3.63, 3.8) is 0 Å². The molecule has 1 atom stereocenters. The Bertz CT molecular complexity index is 219. The van der Waals surface area contributed by atoms with Crippen molar-refractivity contribution in [3.05, 3.63) is 0 Å². The van der Waals surface area contributed by atoms with Crippen molar-refractivity contribution in [2.45, 2.75) is 65.5 Å². The van der Waals surface area contributed by atoms with Gasteiger partial charge in [0, 0.05) is 25.7 Å². The summed E-state index contributed by atoms with van der Waals surface area (Å²) in [5.41, 5.74) is 0. The van der Waals surface area contributed by atoms with Crippen molar-refractivity contribution in [2.24, 2.45) is 5.92 Å². The molecule has 0 unspecified atom stereocenters. The second-order valence-corrected chi connectivity index (χ2v) is 6.60. The van der Waals surface area contributed by atoms with Crippen LogP contribution in [0.25, 0.3) is 0 Å². The smallest absolute Gasteiger partial charge is 0.0702 e. The van der Waals surface area contributed by atoms with Crippen LogP contribution >= 0.6 is 0 Å². The molecule has 3 nitrogen and oxygen atoms in total. The molecule has 1 aliphatic heterocycles. The Hall–Kier alpha value is -0.120. The molecule has 3 heteroatoms. The van der Waals surface area contributed by atoms with Gasteiger partial charge in [-0.1, -0.05) is 40.5 Å². The average molecular weight is 270 g/mol. The van der Waals surface area contributed by atoms with Gasteiger partial charge in [0.25, 0.3) is 0 Å². The fraction of sp³-hybridized carbons (Fsp3) is 1.00. The van der Waals surface area contributed by atoms with Gasteiger partial charge >= 0.3 is 0 Å². The van der Waals surface area contributed by atoms with Crippen LogP contribution in [0.5, 0.6) is 0 Å². The Kier molecular flexibility index (Phi) is 8.67. The number of nitrogens with one attached hydrogen (secondary N) is 1. The highest BCUT2D eigenvalue weighted by atomic mass is 16.5. The third kappa shape index (κ3) is 8.61. The number of hydrogen-bond acceptors (Lipinski definition) is 3. The van der Waals surface area contributed by atoms with Gasteiger partial charge in [0.2, 0.25) is 0 Å². The maximum Gasteiger partial charge on any atom is 0.0702 e. The van der Waals surface area contributed by atoms with Crippen LogP contribution < -0.4 is 5.32 Å². The molecule has 1 fully saturated rings. The minimum atomic E-state index is 0.477. The van der Waals surface area contributed by atoms with E-state index in [4.69, 9.17) is 4.74 Å². The van der Waals surface area contributed by atoms with E-state index in [1.807, 2.05) is 0 Å². The van der Waals surface area contributed by atoms with E-state index in [0.717, 1.165) is 32.2 Å². The van der Waals surface area contributed by atoms with Gasteiger partial charge in [-0.25, -0.2) is 0 Å². The molecule has 1 aliphatic rings. The van der Waals surface area contributed by atoms with Gasteiger partial charge in [0.15, 0.2) is 0 Å². The third-order valence-electron chi connectivity index (χ3n) is 3.60. The van der Waals surface area contributed by atoms with E-state index in [1.165, 1.54) is 32.2 Å². The Morgan fingerprint density at radius 3 is 2.63 bits per heavy atom. The lowest BCUT2D eigenvalue weighted by molar-refractivity contribution is -0.0360. The van der Waals surface area contributed by atoms with E-state index in [1.54, 1.807) is 0 Å². The highest BCUT2D eigenvalue weighted by molar-refractivity contribution is 4.72. The van der Waals surface area contributed by atoms with Crippen LogP contribution in [-0.4, -0.2) is 49.8 Å². The van der Waals surface area contributed by atoms with Crippen molar-refractivity contribution >= 4 is 0 Å². The number of ether oxygens (including phenoxy) is 1. The molecule has 0 aromatic carbocycles. The second kappa shape index (κ2) is 9.73. The molecular formula is C16H34N2O. The van der Waals surface area contributed by atoms with E-state index in [-0.39, 0.29) is 0 Å². The first-order valence-corrected chi connectivity index (χ1v) is 8.15. The summed E-state index contributed by atoms with van der Waals surface area (Å²) in [7, 11) is 0. The van der Waals surface area contributed by atoms with Gasteiger partial charge in [-0.05, 0) is 25.3 Å². The number of morpholine rings is 1. The summed E-state index contributed by atoms with van der Waals surface area (Å²) in [6.07, 6.45) is 5.63. The summed E-state index contributed by atoms with van der Waals surface area (Å²) in [5.74, 6) is 0.765. The van der Waals surface area contributed by atoms with Gasteiger partial charge in [0.05, 0.1) is 12.7 Å². The first-order valence-electron chi connectivity index (χ1n) is 8.15. The van der Waals surface area contributed by atoms with Gasteiger partial charge in [-0.15, -0.1) is 0 Å². The summed E-state index contributed by atoms with van der Waals surface area (Å²) >= 11 is 0. The fourth-order valence-corrected chi connectivity index (χ4v) is 2.70. The molecule has 0 aliphatic carbocycles. The Morgan fingerprint density at radius 2 is 1.95 bits per heavy atom. The average Bonchev–Trinajstić information content (AvgIpc) is 2.33. The standard InChI is InChI=1S/C16H34N2O/c1-14(2)12-18-10-11-19-16(13-18)8-6-5-7-9-17-15(3)4/h14-17H,5-13H2,1-4H3/t16-/m0/s1. The Morgan fingerprint density at radius 1 is 1.16 bits per heavy atom. The number of hydrogen-bond donors (Lipinski definition) is 1. The van der Waals surface area contributed by atoms with E-state index in [9.17, 15) is 0 Å². The van der Waals surface area contributed by atoms with Crippen LogP contribution in [-0.2, 0) is 4.74 Å². The molecule has 19 heavy (non-hydrogen) atoms. The Balaban J connectivity index is 2.02. The summed E-state index contributed by atoms with van der Waals surface area (Å²) in [6, 6.07) is 0.617. The van der Waals surface area contributed by atoms with Crippen LogP contribution in [0.15, 0.2) is 0 Å². The minimum absolute atomic E-state index is 0.477. The molecule has 0 aromatic rings. The molecule has 1 saturated heterocycles. The van der Waals surface area contributed by atoms with Crippen LogP contribution in [0.1, 0.15) is 53.4 Å². The summed E-state index contributed by atoms with van der Waals surface area (Å²) in [4.78, 5) is 2.57. The summed E-state index contributed by atoms with van der Waals surface area (Å²) in [5, 5.41) is 3.47. The minimum Gasteiger partial charge on any atom is -0.376 e. The quantitative estimate of drug-likeness (QED) is 0.652. The second-order valence-electron chi connectivity index (χ2n) is 6.60. The van der Waals surface area contributed by atoms with Crippen molar-refractivity contribution < 1.29 is 4.74 Å². The molecule has 0 bridgehead atoms. The first kappa shape index (κ1) is 16.9. The van der Waals surface area contributed by atoms with Crippen molar-refractivity contribution in [1.29, 1.82) is 0 Å². The van der Waals surface area contributed by atoms with Crippen molar-refractivity contribution in [3.8, 4) is 0 Å². The third-order valence-corrected chi connectivity index (χ3v) is 3.60. The van der Waals surface area contributed by atoms with E-state index in [2.05, 4.69) is 37.9 Å². The molecule has 1 rings (SSSR count). The molecular weight excluding hydrogens is 236 g/mol. The zero-order valence-corrected chi connectivity index (χ0v) is 13.5. The lowest BCUT2D eigenvalue weighted by atomic mass is 10.1. The normalized spacial score (nSPS) is 21.5. The molecule has 0 aromatic heterocycles. The first-order chi connectivity index (χ1) is 9.08. The molecule has 1 N–H and O–H groups in total. The summed E-state index contributed by atoms with van der Waals surface area (Å²) < 4.78 is 5.88. The molecule has 0 amide bonds. The van der Waals surface area contributed by atoms with E-state index < -0.39 is 0 Å². The maximum atomic E-state index is 5.88. The van der Waals surface area contributed by atoms with Crippen LogP contribution in [0.3, 0.4) is 0 Å². The zero-order chi connectivity index (χ0) is 14.1. The molecule has 1 heterocycles. The number of nitrogens with zero attached hydrogens (tertiary/aromatic N) is 1. The van der Waals surface area contributed by atoms with Crippen LogP contribution in [0, 0.1) is 5.92 Å². The topological polar surface area (TPSA) is 24.5 Å². The molecule has 0 saturated carbocycles. The SMILES string of the molecule is CC(C)CN1CCO[C@@H](CCCCCNC(C)C)C1. The van der Waals surface area contributed by atoms with Gasteiger partial charge in [0.1, 0.15) is 0 Å².